The summed E-state index contributed by atoms with van der Waals surface area (Å²) in [6, 6.07) is 17.1. The Morgan fingerprint density at radius 2 is 1.61 bits per heavy atom. The SMILES string of the molecule is Cc1cc(NC(C)C)ccc1Nc1ccccc1. The predicted octanol–water partition coefficient (Wildman–Crippen LogP) is 4.56. The van der Waals surface area contributed by atoms with E-state index in [0.717, 1.165) is 11.4 Å². The fraction of sp³-hybridized carbons (Fsp3) is 0.250. The predicted molar refractivity (Wildman–Crippen MR) is 79.7 cm³/mol. The third-order valence-corrected chi connectivity index (χ3v) is 2.73. The largest absolute Gasteiger partial charge is 0.383 e. The number of benzene rings is 2. The molecule has 0 spiro atoms. The van der Waals surface area contributed by atoms with Crippen molar-refractivity contribution in [1.82, 2.24) is 0 Å². The van der Waals surface area contributed by atoms with E-state index in [-0.39, 0.29) is 0 Å². The summed E-state index contributed by atoms with van der Waals surface area (Å²) in [6.07, 6.45) is 0. The highest BCUT2D eigenvalue weighted by molar-refractivity contribution is 5.66. The maximum atomic E-state index is 3.42. The lowest BCUT2D eigenvalue weighted by Crippen LogP contribution is -2.09. The van der Waals surface area contributed by atoms with E-state index in [1.54, 1.807) is 0 Å². The Kier molecular flexibility index (Phi) is 3.88. The quantitative estimate of drug-likeness (QED) is 0.818. The van der Waals surface area contributed by atoms with Crippen LogP contribution in [0, 0.1) is 6.92 Å². The molecule has 0 aliphatic heterocycles. The zero-order chi connectivity index (χ0) is 13.0. The lowest BCUT2D eigenvalue weighted by atomic mass is 10.1. The second kappa shape index (κ2) is 5.58. The highest BCUT2D eigenvalue weighted by atomic mass is 14.9. The van der Waals surface area contributed by atoms with Crippen molar-refractivity contribution < 1.29 is 0 Å². The summed E-state index contributed by atoms with van der Waals surface area (Å²) in [6.45, 7) is 6.41. The summed E-state index contributed by atoms with van der Waals surface area (Å²) in [4.78, 5) is 0. The molecule has 18 heavy (non-hydrogen) atoms. The van der Waals surface area contributed by atoms with Gasteiger partial charge in [-0.1, -0.05) is 18.2 Å². The number of rotatable bonds is 4. The van der Waals surface area contributed by atoms with Gasteiger partial charge in [-0.05, 0) is 56.7 Å². The summed E-state index contributed by atoms with van der Waals surface area (Å²) in [5, 5.41) is 6.83. The molecule has 0 fully saturated rings. The minimum atomic E-state index is 0.456. The van der Waals surface area contributed by atoms with Crippen molar-refractivity contribution >= 4 is 17.1 Å². The number of anilines is 3. The van der Waals surface area contributed by atoms with E-state index in [1.165, 1.54) is 11.3 Å². The Bertz CT molecular complexity index is 504. The second-order valence-corrected chi connectivity index (χ2v) is 4.82. The molecule has 0 radical (unpaired) electrons. The first-order valence-corrected chi connectivity index (χ1v) is 6.34. The van der Waals surface area contributed by atoms with E-state index < -0.39 is 0 Å². The molecule has 0 aliphatic carbocycles. The van der Waals surface area contributed by atoms with Gasteiger partial charge in [0.15, 0.2) is 0 Å². The Morgan fingerprint density at radius 3 is 2.22 bits per heavy atom. The van der Waals surface area contributed by atoms with Crippen molar-refractivity contribution in [2.45, 2.75) is 26.8 Å². The second-order valence-electron chi connectivity index (χ2n) is 4.82. The van der Waals surface area contributed by atoms with Gasteiger partial charge in [0, 0.05) is 23.1 Å². The lowest BCUT2D eigenvalue weighted by molar-refractivity contribution is 0.899. The van der Waals surface area contributed by atoms with Crippen LogP contribution in [0.1, 0.15) is 19.4 Å². The first-order chi connectivity index (χ1) is 8.65. The van der Waals surface area contributed by atoms with E-state index in [2.05, 4.69) is 61.7 Å². The monoisotopic (exact) mass is 240 g/mol. The molecule has 0 aliphatic rings. The summed E-state index contributed by atoms with van der Waals surface area (Å²) < 4.78 is 0. The third-order valence-electron chi connectivity index (χ3n) is 2.73. The third kappa shape index (κ3) is 3.27. The minimum Gasteiger partial charge on any atom is -0.383 e. The summed E-state index contributed by atoms with van der Waals surface area (Å²) >= 11 is 0. The van der Waals surface area contributed by atoms with Crippen LogP contribution >= 0.6 is 0 Å². The number of hydrogen-bond acceptors (Lipinski definition) is 2. The number of hydrogen-bond donors (Lipinski definition) is 2. The van der Waals surface area contributed by atoms with Crippen LogP contribution in [0.2, 0.25) is 0 Å². The molecule has 0 bridgehead atoms. The molecule has 0 aromatic heterocycles. The van der Waals surface area contributed by atoms with E-state index in [9.17, 15) is 0 Å². The van der Waals surface area contributed by atoms with E-state index in [0.29, 0.717) is 6.04 Å². The van der Waals surface area contributed by atoms with Gasteiger partial charge >= 0.3 is 0 Å². The van der Waals surface area contributed by atoms with Gasteiger partial charge in [-0.3, -0.25) is 0 Å². The van der Waals surface area contributed by atoms with E-state index in [4.69, 9.17) is 0 Å². The molecule has 2 rings (SSSR count). The summed E-state index contributed by atoms with van der Waals surface area (Å²) in [7, 11) is 0. The molecule has 0 heterocycles. The topological polar surface area (TPSA) is 24.1 Å². The van der Waals surface area contributed by atoms with Crippen LogP contribution in [-0.2, 0) is 0 Å². The molecule has 2 nitrogen and oxygen atoms in total. The average molecular weight is 240 g/mol. The van der Waals surface area contributed by atoms with Gasteiger partial charge in [0.05, 0.1) is 0 Å². The number of nitrogens with one attached hydrogen (secondary N) is 2. The van der Waals surface area contributed by atoms with Crippen molar-refractivity contribution in [1.29, 1.82) is 0 Å². The standard InChI is InChI=1S/C16H20N2/c1-12(2)17-15-9-10-16(13(3)11-15)18-14-7-5-4-6-8-14/h4-12,17-18H,1-3H3. The van der Waals surface area contributed by atoms with E-state index in [1.807, 2.05) is 18.2 Å². The minimum absolute atomic E-state index is 0.456. The van der Waals surface area contributed by atoms with Gasteiger partial charge < -0.3 is 10.6 Å². The maximum absolute atomic E-state index is 3.42. The molecular formula is C16H20N2. The molecule has 2 aromatic carbocycles. The van der Waals surface area contributed by atoms with Crippen LogP contribution < -0.4 is 10.6 Å². The zero-order valence-corrected chi connectivity index (χ0v) is 11.2. The van der Waals surface area contributed by atoms with Crippen molar-refractivity contribution in [3.63, 3.8) is 0 Å². The molecule has 0 saturated heterocycles. The van der Waals surface area contributed by atoms with Crippen LogP contribution in [-0.4, -0.2) is 6.04 Å². The van der Waals surface area contributed by atoms with Crippen LogP contribution in [0.15, 0.2) is 48.5 Å². The van der Waals surface area contributed by atoms with Crippen LogP contribution in [0.5, 0.6) is 0 Å². The van der Waals surface area contributed by atoms with Crippen molar-refractivity contribution in [3.05, 3.63) is 54.1 Å². The maximum Gasteiger partial charge on any atom is 0.0415 e. The molecule has 94 valence electrons. The van der Waals surface area contributed by atoms with E-state index >= 15 is 0 Å². The van der Waals surface area contributed by atoms with Crippen LogP contribution in [0.25, 0.3) is 0 Å². The first-order valence-electron chi connectivity index (χ1n) is 6.34. The summed E-state index contributed by atoms with van der Waals surface area (Å²) in [5.41, 5.74) is 4.67. The zero-order valence-electron chi connectivity index (χ0n) is 11.2. The van der Waals surface area contributed by atoms with Gasteiger partial charge in [-0.15, -0.1) is 0 Å². The Hall–Kier alpha value is -1.96. The van der Waals surface area contributed by atoms with Gasteiger partial charge in [0.1, 0.15) is 0 Å². The van der Waals surface area contributed by atoms with Gasteiger partial charge in [-0.2, -0.15) is 0 Å². The molecular weight excluding hydrogens is 220 g/mol. The molecule has 0 atom stereocenters. The Morgan fingerprint density at radius 1 is 0.889 bits per heavy atom. The molecule has 0 unspecified atom stereocenters. The smallest absolute Gasteiger partial charge is 0.0415 e. The number of para-hydroxylation sites is 1. The fourth-order valence-electron chi connectivity index (χ4n) is 1.90. The van der Waals surface area contributed by atoms with Crippen molar-refractivity contribution in [2.24, 2.45) is 0 Å². The average Bonchev–Trinajstić information content (AvgIpc) is 2.33. The highest BCUT2D eigenvalue weighted by Crippen LogP contribution is 2.23. The Balaban J connectivity index is 2.15. The van der Waals surface area contributed by atoms with Crippen molar-refractivity contribution in [2.75, 3.05) is 10.6 Å². The van der Waals surface area contributed by atoms with Gasteiger partial charge in [0.2, 0.25) is 0 Å². The lowest BCUT2D eigenvalue weighted by Gasteiger charge is -2.14. The molecule has 0 saturated carbocycles. The number of aryl methyl sites for hydroxylation is 1. The molecule has 0 amide bonds. The first kappa shape index (κ1) is 12.5. The molecule has 2 aromatic rings. The van der Waals surface area contributed by atoms with Crippen LogP contribution in [0.3, 0.4) is 0 Å². The van der Waals surface area contributed by atoms with Gasteiger partial charge in [0.25, 0.3) is 0 Å². The Labute approximate surface area is 109 Å². The molecule has 2 N–H and O–H groups in total. The summed E-state index contributed by atoms with van der Waals surface area (Å²) in [5.74, 6) is 0. The normalized spacial score (nSPS) is 10.4. The van der Waals surface area contributed by atoms with Gasteiger partial charge in [-0.25, -0.2) is 0 Å². The molecule has 2 heteroatoms. The highest BCUT2D eigenvalue weighted by Gasteiger charge is 2.01. The fourth-order valence-corrected chi connectivity index (χ4v) is 1.90. The van der Waals surface area contributed by atoms with Crippen molar-refractivity contribution in [3.8, 4) is 0 Å². The van der Waals surface area contributed by atoms with Crippen LogP contribution in [0.4, 0.5) is 17.1 Å².